The quantitative estimate of drug-likeness (QED) is 0.910. The summed E-state index contributed by atoms with van der Waals surface area (Å²) in [4.78, 5) is 13.7. The zero-order chi connectivity index (χ0) is 14.7. The zero-order valence-corrected chi connectivity index (χ0v) is 13.0. The van der Waals surface area contributed by atoms with Gasteiger partial charge in [-0.3, -0.25) is 4.79 Å². The fourth-order valence-corrected chi connectivity index (χ4v) is 3.64. The Bertz CT molecular complexity index is 609. The summed E-state index contributed by atoms with van der Waals surface area (Å²) < 4.78 is 0. The van der Waals surface area contributed by atoms with Gasteiger partial charge in [0.25, 0.3) is 0 Å². The Hall–Kier alpha value is -1.65. The second-order valence-electron chi connectivity index (χ2n) is 5.59. The maximum atomic E-state index is 12.3. The first kappa shape index (κ1) is 14.3. The van der Waals surface area contributed by atoms with Crippen LogP contribution in [0.2, 0.25) is 0 Å². The van der Waals surface area contributed by atoms with Gasteiger partial charge in [0.05, 0.1) is 6.04 Å². The summed E-state index contributed by atoms with van der Waals surface area (Å²) in [6.07, 6.45) is 2.74. The first-order valence-electron chi connectivity index (χ1n) is 7.39. The van der Waals surface area contributed by atoms with Crippen molar-refractivity contribution in [2.75, 3.05) is 5.32 Å². The van der Waals surface area contributed by atoms with E-state index in [0.29, 0.717) is 6.04 Å². The standard InChI is InChI=1S/C17H20N2OS/c1-12(11-14-6-4-10-21-14)18-16-9-8-13-5-2-3-7-15(13)19-17(16)20/h2-7,10,12,16,18H,8-9,11H2,1H3,(H,19,20). The number of aryl methyl sites for hydroxylation is 1. The number of amides is 1. The van der Waals surface area contributed by atoms with Crippen molar-refractivity contribution in [2.45, 2.75) is 38.3 Å². The van der Waals surface area contributed by atoms with E-state index in [2.05, 4.69) is 41.1 Å². The van der Waals surface area contributed by atoms with Gasteiger partial charge in [0, 0.05) is 16.6 Å². The lowest BCUT2D eigenvalue weighted by Gasteiger charge is -2.20. The molecule has 0 radical (unpaired) electrons. The number of carbonyl (C=O) groups is 1. The van der Waals surface area contributed by atoms with Crippen LogP contribution in [0.3, 0.4) is 0 Å². The van der Waals surface area contributed by atoms with E-state index < -0.39 is 0 Å². The lowest BCUT2D eigenvalue weighted by Crippen LogP contribution is -2.45. The fourth-order valence-electron chi connectivity index (χ4n) is 2.80. The highest BCUT2D eigenvalue weighted by molar-refractivity contribution is 7.09. The molecule has 3 rings (SSSR count). The molecule has 0 fully saturated rings. The molecule has 0 spiro atoms. The summed E-state index contributed by atoms with van der Waals surface area (Å²) in [6.45, 7) is 2.14. The molecule has 0 saturated carbocycles. The Morgan fingerprint density at radius 2 is 2.19 bits per heavy atom. The molecule has 3 nitrogen and oxygen atoms in total. The maximum absolute atomic E-state index is 12.3. The number of para-hydroxylation sites is 1. The van der Waals surface area contributed by atoms with Gasteiger partial charge in [-0.25, -0.2) is 0 Å². The van der Waals surface area contributed by atoms with Gasteiger partial charge in [0.1, 0.15) is 0 Å². The Morgan fingerprint density at radius 3 is 3.00 bits per heavy atom. The molecule has 2 heterocycles. The minimum atomic E-state index is -0.118. The monoisotopic (exact) mass is 300 g/mol. The number of rotatable bonds is 4. The van der Waals surface area contributed by atoms with Crippen molar-refractivity contribution in [1.29, 1.82) is 0 Å². The normalized spacial score (nSPS) is 19.5. The van der Waals surface area contributed by atoms with Crippen LogP contribution in [0.25, 0.3) is 0 Å². The smallest absolute Gasteiger partial charge is 0.241 e. The van der Waals surface area contributed by atoms with Gasteiger partial charge in [0.2, 0.25) is 5.91 Å². The van der Waals surface area contributed by atoms with Crippen LogP contribution in [-0.2, 0) is 17.6 Å². The molecule has 0 bridgehead atoms. The Kier molecular flexibility index (Phi) is 4.36. The lowest BCUT2D eigenvalue weighted by atomic mass is 10.0. The topological polar surface area (TPSA) is 41.1 Å². The summed E-state index contributed by atoms with van der Waals surface area (Å²) in [6, 6.07) is 12.4. The van der Waals surface area contributed by atoms with Crippen molar-refractivity contribution < 1.29 is 4.79 Å². The van der Waals surface area contributed by atoms with Crippen LogP contribution in [0.4, 0.5) is 5.69 Å². The van der Waals surface area contributed by atoms with Crippen molar-refractivity contribution in [2.24, 2.45) is 0 Å². The van der Waals surface area contributed by atoms with Crippen molar-refractivity contribution in [1.82, 2.24) is 5.32 Å². The van der Waals surface area contributed by atoms with Crippen LogP contribution >= 0.6 is 11.3 Å². The number of benzene rings is 1. The van der Waals surface area contributed by atoms with Crippen LogP contribution in [0.5, 0.6) is 0 Å². The molecular weight excluding hydrogens is 280 g/mol. The highest BCUT2D eigenvalue weighted by atomic mass is 32.1. The van der Waals surface area contributed by atoms with E-state index in [1.807, 2.05) is 18.2 Å². The molecule has 1 aliphatic rings. The number of carbonyl (C=O) groups excluding carboxylic acids is 1. The number of fused-ring (bicyclic) bond motifs is 1. The van der Waals surface area contributed by atoms with Crippen molar-refractivity contribution in [3.63, 3.8) is 0 Å². The van der Waals surface area contributed by atoms with E-state index in [1.165, 1.54) is 10.4 Å². The van der Waals surface area contributed by atoms with Crippen LogP contribution in [0.1, 0.15) is 23.8 Å². The van der Waals surface area contributed by atoms with E-state index in [1.54, 1.807) is 11.3 Å². The third-order valence-corrected chi connectivity index (χ3v) is 4.77. The maximum Gasteiger partial charge on any atom is 0.241 e. The molecule has 21 heavy (non-hydrogen) atoms. The summed E-state index contributed by atoms with van der Waals surface area (Å²) in [7, 11) is 0. The molecule has 2 unspecified atom stereocenters. The van der Waals surface area contributed by atoms with Crippen molar-refractivity contribution in [3.8, 4) is 0 Å². The van der Waals surface area contributed by atoms with E-state index in [9.17, 15) is 4.79 Å². The van der Waals surface area contributed by atoms with Gasteiger partial charge >= 0.3 is 0 Å². The van der Waals surface area contributed by atoms with E-state index >= 15 is 0 Å². The SMILES string of the molecule is CC(Cc1cccs1)NC1CCc2ccccc2NC1=O. The minimum Gasteiger partial charge on any atom is -0.324 e. The average molecular weight is 300 g/mol. The van der Waals surface area contributed by atoms with Crippen molar-refractivity contribution >= 4 is 22.9 Å². The Balaban J connectivity index is 1.63. The third kappa shape index (κ3) is 3.52. The van der Waals surface area contributed by atoms with Gasteiger partial charge < -0.3 is 10.6 Å². The van der Waals surface area contributed by atoms with Gasteiger partial charge in [-0.15, -0.1) is 11.3 Å². The number of anilines is 1. The highest BCUT2D eigenvalue weighted by Crippen LogP contribution is 2.22. The predicted molar refractivity (Wildman–Crippen MR) is 87.8 cm³/mol. The van der Waals surface area contributed by atoms with Gasteiger partial charge in [-0.1, -0.05) is 24.3 Å². The Morgan fingerprint density at radius 1 is 1.33 bits per heavy atom. The highest BCUT2D eigenvalue weighted by Gasteiger charge is 2.24. The van der Waals surface area contributed by atoms with Crippen LogP contribution in [0.15, 0.2) is 41.8 Å². The van der Waals surface area contributed by atoms with Gasteiger partial charge in [-0.2, -0.15) is 0 Å². The molecular formula is C17H20N2OS. The average Bonchev–Trinajstić information content (AvgIpc) is 2.91. The number of nitrogens with one attached hydrogen (secondary N) is 2. The fraction of sp³-hybridized carbons (Fsp3) is 0.353. The summed E-state index contributed by atoms with van der Waals surface area (Å²) in [5.74, 6) is 0.0815. The van der Waals surface area contributed by atoms with Crippen molar-refractivity contribution in [3.05, 3.63) is 52.2 Å². The predicted octanol–water partition coefficient (Wildman–Crippen LogP) is 3.22. The van der Waals surface area contributed by atoms with Crippen LogP contribution in [0, 0.1) is 0 Å². The second-order valence-corrected chi connectivity index (χ2v) is 6.62. The zero-order valence-electron chi connectivity index (χ0n) is 12.1. The minimum absolute atomic E-state index is 0.0815. The first-order valence-corrected chi connectivity index (χ1v) is 8.27. The molecule has 4 heteroatoms. The number of hydrogen-bond donors (Lipinski definition) is 2. The molecule has 1 amide bonds. The van der Waals surface area contributed by atoms with Gasteiger partial charge in [0.15, 0.2) is 0 Å². The van der Waals surface area contributed by atoms with E-state index in [-0.39, 0.29) is 11.9 Å². The molecule has 1 aromatic carbocycles. The summed E-state index contributed by atoms with van der Waals surface area (Å²) >= 11 is 1.77. The molecule has 0 aliphatic carbocycles. The van der Waals surface area contributed by atoms with E-state index in [4.69, 9.17) is 0 Å². The van der Waals surface area contributed by atoms with Gasteiger partial charge in [-0.05, 0) is 49.3 Å². The molecule has 1 aromatic heterocycles. The Labute approximate surface area is 129 Å². The molecule has 2 atom stereocenters. The number of thiophene rings is 1. The number of hydrogen-bond acceptors (Lipinski definition) is 3. The largest absolute Gasteiger partial charge is 0.324 e. The molecule has 1 aliphatic heterocycles. The molecule has 110 valence electrons. The van der Waals surface area contributed by atoms with E-state index in [0.717, 1.165) is 24.9 Å². The summed E-state index contributed by atoms with van der Waals surface area (Å²) in [5.41, 5.74) is 2.18. The van der Waals surface area contributed by atoms with Crippen LogP contribution in [-0.4, -0.2) is 18.0 Å². The first-order chi connectivity index (χ1) is 10.2. The molecule has 2 N–H and O–H groups in total. The van der Waals surface area contributed by atoms with Crippen LogP contribution < -0.4 is 10.6 Å². The lowest BCUT2D eigenvalue weighted by molar-refractivity contribution is -0.118. The molecule has 0 saturated heterocycles. The second kappa shape index (κ2) is 6.41. The summed E-state index contributed by atoms with van der Waals surface area (Å²) in [5, 5.41) is 8.61. The third-order valence-electron chi connectivity index (χ3n) is 3.87. The molecule has 2 aromatic rings.